The molecular formula is C9H15N3O. The molecule has 0 saturated carbocycles. The van der Waals surface area contributed by atoms with Gasteiger partial charge in [-0.2, -0.15) is 5.10 Å². The fourth-order valence-electron chi connectivity index (χ4n) is 1.65. The van der Waals surface area contributed by atoms with Gasteiger partial charge in [-0.1, -0.05) is 0 Å². The molecule has 0 aliphatic carbocycles. The molecule has 0 bridgehead atoms. The van der Waals surface area contributed by atoms with Crippen molar-refractivity contribution in [2.45, 2.75) is 32.0 Å². The van der Waals surface area contributed by atoms with E-state index >= 15 is 0 Å². The first kappa shape index (κ1) is 8.72. The lowest BCUT2D eigenvalue weighted by Gasteiger charge is -2.11. The second kappa shape index (κ2) is 3.47. The summed E-state index contributed by atoms with van der Waals surface area (Å²) in [6.07, 6.45) is 4.86. The first-order valence-corrected chi connectivity index (χ1v) is 4.71. The Morgan fingerprint density at radius 1 is 1.77 bits per heavy atom. The van der Waals surface area contributed by atoms with Crippen LogP contribution in [-0.2, 0) is 11.3 Å². The lowest BCUT2D eigenvalue weighted by molar-refractivity contribution is 0.105. The summed E-state index contributed by atoms with van der Waals surface area (Å²) in [6.45, 7) is 3.72. The predicted molar refractivity (Wildman–Crippen MR) is 49.2 cm³/mol. The van der Waals surface area contributed by atoms with Gasteiger partial charge in [-0.05, 0) is 13.3 Å². The van der Waals surface area contributed by atoms with Crippen LogP contribution < -0.4 is 5.73 Å². The van der Waals surface area contributed by atoms with Crippen molar-refractivity contribution in [3.05, 3.63) is 18.0 Å². The molecule has 2 N–H and O–H groups in total. The average Bonchev–Trinajstić information content (AvgIpc) is 2.71. The molecule has 0 spiro atoms. The Balaban J connectivity index is 2.15. The molecule has 1 fully saturated rings. The highest BCUT2D eigenvalue weighted by molar-refractivity contribution is 5.12. The van der Waals surface area contributed by atoms with E-state index in [2.05, 4.69) is 12.0 Å². The van der Waals surface area contributed by atoms with Gasteiger partial charge in [0, 0.05) is 31.0 Å². The fourth-order valence-corrected chi connectivity index (χ4v) is 1.65. The Labute approximate surface area is 77.7 Å². The van der Waals surface area contributed by atoms with Crippen LogP contribution in [0.25, 0.3) is 0 Å². The van der Waals surface area contributed by atoms with Crippen LogP contribution in [0.1, 0.15) is 25.0 Å². The zero-order valence-corrected chi connectivity index (χ0v) is 7.81. The predicted octanol–water partition coefficient (Wildman–Crippen LogP) is 0.692. The van der Waals surface area contributed by atoms with Gasteiger partial charge in [0.1, 0.15) is 6.10 Å². The fraction of sp³-hybridized carbons (Fsp3) is 0.667. The van der Waals surface area contributed by atoms with Crippen LogP contribution in [-0.4, -0.2) is 22.4 Å². The minimum absolute atomic E-state index is 0.0558. The summed E-state index contributed by atoms with van der Waals surface area (Å²) in [6, 6.07) is 0.134. The minimum Gasteiger partial charge on any atom is -0.372 e. The number of nitrogens with two attached hydrogens (primary N) is 1. The van der Waals surface area contributed by atoms with E-state index in [9.17, 15) is 0 Å². The topological polar surface area (TPSA) is 53.1 Å². The summed E-state index contributed by atoms with van der Waals surface area (Å²) >= 11 is 0. The van der Waals surface area contributed by atoms with Gasteiger partial charge in [0.05, 0.1) is 6.20 Å². The van der Waals surface area contributed by atoms with Crippen LogP contribution in [0, 0.1) is 0 Å². The second-order valence-electron chi connectivity index (χ2n) is 3.37. The van der Waals surface area contributed by atoms with Crippen molar-refractivity contribution in [1.29, 1.82) is 0 Å². The van der Waals surface area contributed by atoms with Crippen LogP contribution in [0.15, 0.2) is 12.4 Å². The molecule has 2 heterocycles. The van der Waals surface area contributed by atoms with Crippen molar-refractivity contribution < 1.29 is 4.74 Å². The van der Waals surface area contributed by atoms with Gasteiger partial charge in [-0.25, -0.2) is 0 Å². The standard InChI is InChI=1S/C9H15N3O/c1-2-12-6-7(5-11-12)9-8(10)3-4-13-9/h5-6,8-9H,2-4,10H2,1H3/t8-,9+/m1/s1. The van der Waals surface area contributed by atoms with E-state index in [0.717, 1.165) is 25.1 Å². The van der Waals surface area contributed by atoms with Gasteiger partial charge in [0.2, 0.25) is 0 Å². The van der Waals surface area contributed by atoms with E-state index in [1.165, 1.54) is 0 Å². The van der Waals surface area contributed by atoms with Crippen molar-refractivity contribution in [2.24, 2.45) is 5.73 Å². The van der Waals surface area contributed by atoms with E-state index in [4.69, 9.17) is 10.5 Å². The summed E-state index contributed by atoms with van der Waals surface area (Å²) in [5.74, 6) is 0. The number of rotatable bonds is 2. The van der Waals surface area contributed by atoms with Gasteiger partial charge in [0.25, 0.3) is 0 Å². The molecular weight excluding hydrogens is 166 g/mol. The highest BCUT2D eigenvalue weighted by atomic mass is 16.5. The lowest BCUT2D eigenvalue weighted by atomic mass is 10.1. The van der Waals surface area contributed by atoms with Crippen LogP contribution in [0.4, 0.5) is 0 Å². The zero-order chi connectivity index (χ0) is 9.26. The van der Waals surface area contributed by atoms with Gasteiger partial charge in [-0.3, -0.25) is 4.68 Å². The molecule has 4 heteroatoms. The van der Waals surface area contributed by atoms with Crippen LogP contribution in [0.5, 0.6) is 0 Å². The highest BCUT2D eigenvalue weighted by Gasteiger charge is 2.27. The van der Waals surface area contributed by atoms with Crippen LogP contribution in [0.3, 0.4) is 0 Å². The number of nitrogens with zero attached hydrogens (tertiary/aromatic N) is 2. The average molecular weight is 181 g/mol. The Morgan fingerprint density at radius 2 is 2.62 bits per heavy atom. The summed E-state index contributed by atoms with van der Waals surface area (Å²) in [5, 5.41) is 4.19. The smallest absolute Gasteiger partial charge is 0.101 e. The summed E-state index contributed by atoms with van der Waals surface area (Å²) < 4.78 is 7.42. The van der Waals surface area contributed by atoms with Gasteiger partial charge in [0.15, 0.2) is 0 Å². The molecule has 13 heavy (non-hydrogen) atoms. The summed E-state index contributed by atoms with van der Waals surface area (Å²) in [7, 11) is 0. The van der Waals surface area contributed by atoms with Crippen molar-refractivity contribution in [3.8, 4) is 0 Å². The maximum absolute atomic E-state index is 5.90. The molecule has 1 aromatic rings. The number of hydrogen-bond donors (Lipinski definition) is 1. The molecule has 2 atom stereocenters. The summed E-state index contributed by atoms with van der Waals surface area (Å²) in [4.78, 5) is 0. The first-order chi connectivity index (χ1) is 6.31. The van der Waals surface area contributed by atoms with Gasteiger partial charge < -0.3 is 10.5 Å². The van der Waals surface area contributed by atoms with Crippen LogP contribution in [0.2, 0.25) is 0 Å². The molecule has 4 nitrogen and oxygen atoms in total. The molecule has 0 unspecified atom stereocenters. The third-order valence-electron chi connectivity index (χ3n) is 2.44. The van der Waals surface area contributed by atoms with Crippen molar-refractivity contribution in [1.82, 2.24) is 9.78 Å². The molecule has 1 aliphatic heterocycles. The zero-order valence-electron chi connectivity index (χ0n) is 7.81. The number of aromatic nitrogens is 2. The maximum atomic E-state index is 5.90. The molecule has 0 aromatic carbocycles. The maximum Gasteiger partial charge on any atom is 0.101 e. The molecule has 72 valence electrons. The normalized spacial score (nSPS) is 28.2. The number of ether oxygens (including phenoxy) is 1. The Bertz CT molecular complexity index is 284. The van der Waals surface area contributed by atoms with E-state index in [-0.39, 0.29) is 12.1 Å². The molecule has 0 radical (unpaired) electrons. The molecule has 1 saturated heterocycles. The van der Waals surface area contributed by atoms with Crippen molar-refractivity contribution >= 4 is 0 Å². The monoisotopic (exact) mass is 181 g/mol. The number of aryl methyl sites for hydroxylation is 1. The molecule has 2 rings (SSSR count). The highest BCUT2D eigenvalue weighted by Crippen LogP contribution is 2.26. The lowest BCUT2D eigenvalue weighted by Crippen LogP contribution is -2.23. The summed E-state index contributed by atoms with van der Waals surface area (Å²) in [5.41, 5.74) is 7.00. The van der Waals surface area contributed by atoms with Crippen molar-refractivity contribution in [3.63, 3.8) is 0 Å². The largest absolute Gasteiger partial charge is 0.372 e. The SMILES string of the molecule is CCn1cc([C@@H]2OCC[C@H]2N)cn1. The van der Waals surface area contributed by atoms with E-state index < -0.39 is 0 Å². The number of hydrogen-bond acceptors (Lipinski definition) is 3. The Morgan fingerprint density at radius 3 is 3.15 bits per heavy atom. The van der Waals surface area contributed by atoms with Crippen molar-refractivity contribution in [2.75, 3.05) is 6.61 Å². The molecule has 1 aromatic heterocycles. The van der Waals surface area contributed by atoms with Gasteiger partial charge >= 0.3 is 0 Å². The Hall–Kier alpha value is -0.870. The second-order valence-corrected chi connectivity index (χ2v) is 3.37. The third kappa shape index (κ3) is 1.59. The quantitative estimate of drug-likeness (QED) is 0.730. The minimum atomic E-state index is 0.0558. The Kier molecular flexibility index (Phi) is 2.33. The van der Waals surface area contributed by atoms with E-state index in [1.807, 2.05) is 17.1 Å². The third-order valence-corrected chi connectivity index (χ3v) is 2.44. The molecule has 1 aliphatic rings. The first-order valence-electron chi connectivity index (χ1n) is 4.71. The van der Waals surface area contributed by atoms with Crippen LogP contribution >= 0.6 is 0 Å². The van der Waals surface area contributed by atoms with E-state index in [1.54, 1.807) is 0 Å². The van der Waals surface area contributed by atoms with Gasteiger partial charge in [-0.15, -0.1) is 0 Å². The van der Waals surface area contributed by atoms with E-state index in [0.29, 0.717) is 0 Å². The molecule has 0 amide bonds.